The fraction of sp³-hybridized carbons (Fsp3) is 0.900. The van der Waals surface area contributed by atoms with E-state index in [1.54, 1.807) is 7.11 Å². The van der Waals surface area contributed by atoms with Crippen LogP contribution in [-0.4, -0.2) is 31.7 Å². The first-order valence-electron chi connectivity index (χ1n) is 5.16. The van der Waals surface area contributed by atoms with E-state index in [1.165, 1.54) is 0 Å². The maximum atomic E-state index is 11.4. The van der Waals surface area contributed by atoms with Crippen molar-refractivity contribution >= 4 is 5.91 Å². The Morgan fingerprint density at radius 2 is 2.21 bits per heavy atom. The highest BCUT2D eigenvalue weighted by Crippen LogP contribution is 1.98. The van der Waals surface area contributed by atoms with Gasteiger partial charge in [-0.2, -0.15) is 0 Å². The first-order valence-corrected chi connectivity index (χ1v) is 5.16. The molecule has 0 radical (unpaired) electrons. The van der Waals surface area contributed by atoms with Crippen molar-refractivity contribution in [2.45, 2.75) is 45.3 Å². The summed E-state index contributed by atoms with van der Waals surface area (Å²) in [6.07, 6.45) is 2.27. The Morgan fingerprint density at radius 3 is 2.64 bits per heavy atom. The molecule has 0 saturated heterocycles. The molecule has 0 rings (SSSR count). The van der Waals surface area contributed by atoms with E-state index in [0.29, 0.717) is 13.0 Å². The largest absolute Gasteiger partial charge is 0.380 e. The molecule has 3 N–H and O–H groups in total. The van der Waals surface area contributed by atoms with Crippen molar-refractivity contribution in [2.75, 3.05) is 13.7 Å². The number of nitrogens with two attached hydrogens (primary N) is 1. The third kappa shape index (κ3) is 5.94. The predicted molar refractivity (Wildman–Crippen MR) is 57.0 cm³/mol. The van der Waals surface area contributed by atoms with E-state index in [1.807, 2.05) is 6.92 Å². The molecule has 0 heterocycles. The second-order valence-corrected chi connectivity index (χ2v) is 3.55. The quantitative estimate of drug-likeness (QED) is 0.637. The molecule has 0 fully saturated rings. The van der Waals surface area contributed by atoms with Gasteiger partial charge in [0.2, 0.25) is 5.91 Å². The van der Waals surface area contributed by atoms with Gasteiger partial charge in [0.1, 0.15) is 0 Å². The molecule has 0 aromatic heterocycles. The van der Waals surface area contributed by atoms with Crippen LogP contribution in [0, 0.1) is 0 Å². The first kappa shape index (κ1) is 13.4. The Hall–Kier alpha value is -0.610. The summed E-state index contributed by atoms with van der Waals surface area (Å²) >= 11 is 0. The molecule has 2 unspecified atom stereocenters. The lowest BCUT2D eigenvalue weighted by atomic mass is 10.2. The average molecular weight is 202 g/mol. The van der Waals surface area contributed by atoms with Gasteiger partial charge in [0.05, 0.1) is 12.5 Å². The van der Waals surface area contributed by atoms with Gasteiger partial charge >= 0.3 is 0 Å². The van der Waals surface area contributed by atoms with Crippen molar-refractivity contribution in [1.82, 2.24) is 5.32 Å². The predicted octanol–water partition coefficient (Wildman–Crippen LogP) is 0.655. The highest BCUT2D eigenvalue weighted by atomic mass is 16.5. The van der Waals surface area contributed by atoms with Crippen LogP contribution in [0.3, 0.4) is 0 Å². The monoisotopic (exact) mass is 202 g/mol. The number of methoxy groups -OCH3 is 1. The lowest BCUT2D eigenvalue weighted by Gasteiger charge is -2.16. The minimum atomic E-state index is -0.163. The van der Waals surface area contributed by atoms with Gasteiger partial charge < -0.3 is 15.8 Å². The maximum Gasteiger partial charge on any atom is 0.222 e. The number of nitrogens with one attached hydrogen (secondary N) is 1. The van der Waals surface area contributed by atoms with Gasteiger partial charge in [-0.05, 0) is 13.3 Å². The van der Waals surface area contributed by atoms with Gasteiger partial charge in [0.15, 0.2) is 0 Å². The molecular formula is C10H22N2O2. The summed E-state index contributed by atoms with van der Waals surface area (Å²) in [6.45, 7) is 4.48. The minimum Gasteiger partial charge on any atom is -0.380 e. The fourth-order valence-corrected chi connectivity index (χ4v) is 1.31. The Labute approximate surface area is 86.2 Å². The van der Waals surface area contributed by atoms with Crippen molar-refractivity contribution in [2.24, 2.45) is 5.73 Å². The molecule has 0 aliphatic carbocycles. The standard InChI is InChI=1S/C10H22N2O2/c1-4-5-8(2)12-10(13)6-9(7-11)14-3/h8-9H,4-7,11H2,1-3H3,(H,12,13). The summed E-state index contributed by atoms with van der Waals surface area (Å²) in [7, 11) is 1.57. The molecule has 2 atom stereocenters. The van der Waals surface area contributed by atoms with Crippen LogP contribution >= 0.6 is 0 Å². The third-order valence-electron chi connectivity index (χ3n) is 2.14. The molecule has 0 aliphatic rings. The molecule has 1 amide bonds. The second-order valence-electron chi connectivity index (χ2n) is 3.55. The molecule has 0 saturated carbocycles. The molecule has 84 valence electrons. The third-order valence-corrected chi connectivity index (χ3v) is 2.14. The van der Waals surface area contributed by atoms with E-state index in [0.717, 1.165) is 12.8 Å². The van der Waals surface area contributed by atoms with Crippen molar-refractivity contribution in [1.29, 1.82) is 0 Å². The number of hydrogen-bond acceptors (Lipinski definition) is 3. The molecule has 0 spiro atoms. The molecule has 4 heteroatoms. The summed E-state index contributed by atoms with van der Waals surface area (Å²) in [5, 5.41) is 2.91. The van der Waals surface area contributed by atoms with Crippen LogP contribution in [0.5, 0.6) is 0 Å². The van der Waals surface area contributed by atoms with Gasteiger partial charge in [-0.25, -0.2) is 0 Å². The van der Waals surface area contributed by atoms with Crippen molar-refractivity contribution in [3.8, 4) is 0 Å². The summed E-state index contributed by atoms with van der Waals surface area (Å²) in [5.74, 6) is 0.0169. The Bertz CT molecular complexity index is 158. The van der Waals surface area contributed by atoms with Crippen LogP contribution < -0.4 is 11.1 Å². The van der Waals surface area contributed by atoms with Gasteiger partial charge in [-0.3, -0.25) is 4.79 Å². The second kappa shape index (κ2) is 7.76. The van der Waals surface area contributed by atoms with Crippen molar-refractivity contribution in [3.63, 3.8) is 0 Å². The summed E-state index contributed by atoms with van der Waals surface area (Å²) < 4.78 is 5.03. The molecule has 0 aromatic rings. The topological polar surface area (TPSA) is 64.4 Å². The van der Waals surface area contributed by atoms with Crippen LogP contribution in [0.2, 0.25) is 0 Å². The Balaban J connectivity index is 3.73. The molecule has 14 heavy (non-hydrogen) atoms. The van der Waals surface area contributed by atoms with Crippen LogP contribution in [0.1, 0.15) is 33.1 Å². The van der Waals surface area contributed by atoms with Crippen LogP contribution in [-0.2, 0) is 9.53 Å². The number of carbonyl (C=O) groups excluding carboxylic acids is 1. The number of hydrogen-bond donors (Lipinski definition) is 2. The zero-order chi connectivity index (χ0) is 11.0. The van der Waals surface area contributed by atoms with E-state index in [9.17, 15) is 4.79 Å². The van der Waals surface area contributed by atoms with Gasteiger partial charge in [-0.1, -0.05) is 13.3 Å². The van der Waals surface area contributed by atoms with Crippen LogP contribution in [0.4, 0.5) is 0 Å². The Morgan fingerprint density at radius 1 is 1.57 bits per heavy atom. The smallest absolute Gasteiger partial charge is 0.222 e. The number of amides is 1. The van der Waals surface area contributed by atoms with Crippen molar-refractivity contribution < 1.29 is 9.53 Å². The number of carbonyl (C=O) groups is 1. The molecular weight excluding hydrogens is 180 g/mol. The van der Waals surface area contributed by atoms with E-state index in [2.05, 4.69) is 12.2 Å². The van der Waals surface area contributed by atoms with Gasteiger partial charge in [0.25, 0.3) is 0 Å². The molecule has 0 bridgehead atoms. The van der Waals surface area contributed by atoms with Crippen LogP contribution in [0.25, 0.3) is 0 Å². The van der Waals surface area contributed by atoms with Gasteiger partial charge in [0, 0.05) is 19.7 Å². The fourth-order valence-electron chi connectivity index (χ4n) is 1.31. The average Bonchev–Trinajstić information content (AvgIpc) is 2.14. The maximum absolute atomic E-state index is 11.4. The Kier molecular flexibility index (Phi) is 7.42. The first-order chi connectivity index (χ1) is 6.63. The van der Waals surface area contributed by atoms with E-state index >= 15 is 0 Å². The zero-order valence-corrected chi connectivity index (χ0v) is 9.38. The molecule has 0 aliphatic heterocycles. The van der Waals surface area contributed by atoms with Crippen molar-refractivity contribution in [3.05, 3.63) is 0 Å². The normalized spacial score (nSPS) is 14.9. The SMILES string of the molecule is CCCC(C)NC(=O)CC(CN)OC. The van der Waals surface area contributed by atoms with E-state index in [-0.39, 0.29) is 18.1 Å². The van der Waals surface area contributed by atoms with E-state index < -0.39 is 0 Å². The molecule has 4 nitrogen and oxygen atoms in total. The lowest BCUT2D eigenvalue weighted by molar-refractivity contribution is -0.124. The highest BCUT2D eigenvalue weighted by Gasteiger charge is 2.12. The number of ether oxygens (including phenoxy) is 1. The minimum absolute atomic E-state index is 0.0169. The lowest BCUT2D eigenvalue weighted by Crippen LogP contribution is -2.36. The van der Waals surface area contributed by atoms with Crippen LogP contribution in [0.15, 0.2) is 0 Å². The molecule has 0 aromatic carbocycles. The summed E-state index contributed by atoms with van der Waals surface area (Å²) in [6, 6.07) is 0.239. The summed E-state index contributed by atoms with van der Waals surface area (Å²) in [4.78, 5) is 11.4. The highest BCUT2D eigenvalue weighted by molar-refractivity contribution is 5.76. The van der Waals surface area contributed by atoms with Gasteiger partial charge in [-0.15, -0.1) is 0 Å². The van der Waals surface area contributed by atoms with E-state index in [4.69, 9.17) is 10.5 Å². The zero-order valence-electron chi connectivity index (χ0n) is 9.38. The summed E-state index contributed by atoms with van der Waals surface area (Å²) in [5.41, 5.74) is 5.42. The number of rotatable bonds is 7.